The molecule has 0 spiro atoms. The van der Waals surface area contributed by atoms with E-state index in [9.17, 15) is 4.79 Å². The van der Waals surface area contributed by atoms with Crippen molar-refractivity contribution in [2.45, 2.75) is 31.7 Å². The minimum absolute atomic E-state index is 0.0138. The number of alkyl halides is 1. The molecular weight excluding hydrogens is 272 g/mol. The maximum absolute atomic E-state index is 12.2. The van der Waals surface area contributed by atoms with Crippen molar-refractivity contribution in [2.75, 3.05) is 11.9 Å². The van der Waals surface area contributed by atoms with E-state index in [-0.39, 0.29) is 11.9 Å². The lowest BCUT2D eigenvalue weighted by Gasteiger charge is -2.27. The summed E-state index contributed by atoms with van der Waals surface area (Å²) in [6.45, 7) is 0.821. The van der Waals surface area contributed by atoms with Gasteiger partial charge in [0.1, 0.15) is 6.26 Å². The van der Waals surface area contributed by atoms with Crippen LogP contribution in [0.2, 0.25) is 0 Å². The number of hydrogen-bond donors (Lipinski definition) is 0. The van der Waals surface area contributed by atoms with Crippen molar-refractivity contribution >= 4 is 21.8 Å². The largest absolute Gasteiger partial charge is 0.364 e. The number of halogens is 1. The number of hydrogen-bond acceptors (Lipinski definition) is 3. The summed E-state index contributed by atoms with van der Waals surface area (Å²) in [4.78, 5) is 14.1. The second kappa shape index (κ2) is 5.48. The van der Waals surface area contributed by atoms with Crippen LogP contribution in [0.1, 0.15) is 36.2 Å². The summed E-state index contributed by atoms with van der Waals surface area (Å²) in [5.41, 5.74) is 0.410. The van der Waals surface area contributed by atoms with Crippen LogP contribution in [0.15, 0.2) is 16.9 Å². The third-order valence-electron chi connectivity index (χ3n) is 2.97. The first-order valence-electron chi connectivity index (χ1n) is 5.60. The highest BCUT2D eigenvalue weighted by Crippen LogP contribution is 2.20. The van der Waals surface area contributed by atoms with Gasteiger partial charge in [-0.25, -0.2) is 0 Å². The number of carbonyl (C=O) groups excluding carboxylic acids is 1. The van der Waals surface area contributed by atoms with Gasteiger partial charge in [-0.3, -0.25) is 4.79 Å². The Balaban J connectivity index is 2.13. The predicted molar refractivity (Wildman–Crippen MR) is 63.6 cm³/mol. The summed E-state index contributed by atoms with van der Waals surface area (Å²) in [7, 11) is 0. The van der Waals surface area contributed by atoms with Gasteiger partial charge >= 0.3 is 0 Å². The van der Waals surface area contributed by atoms with Crippen molar-refractivity contribution in [1.29, 1.82) is 0 Å². The molecule has 0 aliphatic carbocycles. The number of nitrogens with zero attached hydrogens (tertiary/aromatic N) is 2. The van der Waals surface area contributed by atoms with Gasteiger partial charge in [-0.05, 0) is 12.8 Å². The van der Waals surface area contributed by atoms with Crippen LogP contribution in [0.4, 0.5) is 0 Å². The zero-order valence-corrected chi connectivity index (χ0v) is 10.6. The summed E-state index contributed by atoms with van der Waals surface area (Å²) >= 11 is 3.48. The monoisotopic (exact) mass is 286 g/mol. The molecule has 2 heterocycles. The first kappa shape index (κ1) is 11.6. The summed E-state index contributed by atoms with van der Waals surface area (Å²) < 4.78 is 4.72. The maximum atomic E-state index is 12.2. The molecule has 0 N–H and O–H groups in total. The third kappa shape index (κ3) is 2.45. The number of carbonyl (C=O) groups is 1. The van der Waals surface area contributed by atoms with Crippen molar-refractivity contribution < 1.29 is 9.32 Å². The van der Waals surface area contributed by atoms with Crippen LogP contribution in [0.5, 0.6) is 0 Å². The molecule has 1 atom stereocenters. The minimum Gasteiger partial charge on any atom is -0.364 e. The fraction of sp³-hybridized carbons (Fsp3) is 0.636. The van der Waals surface area contributed by atoms with Crippen LogP contribution in [0.25, 0.3) is 0 Å². The topological polar surface area (TPSA) is 46.3 Å². The number of amides is 1. The Labute approximate surface area is 103 Å². The van der Waals surface area contributed by atoms with Crippen LogP contribution in [-0.4, -0.2) is 33.9 Å². The van der Waals surface area contributed by atoms with Crippen molar-refractivity contribution in [1.82, 2.24) is 10.1 Å². The molecule has 16 heavy (non-hydrogen) atoms. The molecule has 1 aliphatic rings. The van der Waals surface area contributed by atoms with Gasteiger partial charge in [-0.15, -0.1) is 0 Å². The Hall–Kier alpha value is -0.840. The second-order valence-electron chi connectivity index (χ2n) is 4.04. The summed E-state index contributed by atoms with van der Waals surface area (Å²) in [5.74, 6) is -0.0138. The van der Waals surface area contributed by atoms with Gasteiger partial charge in [0.25, 0.3) is 5.91 Å². The lowest BCUT2D eigenvalue weighted by Crippen LogP contribution is -2.41. The zero-order chi connectivity index (χ0) is 11.4. The molecule has 2 rings (SSSR count). The Morgan fingerprint density at radius 2 is 2.44 bits per heavy atom. The van der Waals surface area contributed by atoms with Crippen LogP contribution >= 0.6 is 15.9 Å². The lowest BCUT2D eigenvalue weighted by molar-refractivity contribution is 0.0691. The molecule has 0 radical (unpaired) electrons. The van der Waals surface area contributed by atoms with E-state index in [0.717, 1.165) is 24.7 Å². The van der Waals surface area contributed by atoms with Crippen LogP contribution < -0.4 is 0 Å². The molecule has 5 heteroatoms. The zero-order valence-electron chi connectivity index (χ0n) is 9.06. The normalized spacial score (nSPS) is 21.8. The SMILES string of the molecule is O=C(c1ccon1)N1CCCCCC1CBr. The van der Waals surface area contributed by atoms with Crippen molar-refractivity contribution in [3.63, 3.8) is 0 Å². The molecule has 0 bridgehead atoms. The van der Waals surface area contributed by atoms with E-state index < -0.39 is 0 Å². The van der Waals surface area contributed by atoms with E-state index in [0.29, 0.717) is 5.69 Å². The van der Waals surface area contributed by atoms with E-state index in [1.54, 1.807) is 6.07 Å². The van der Waals surface area contributed by atoms with Gasteiger partial charge in [0.05, 0.1) is 0 Å². The third-order valence-corrected chi connectivity index (χ3v) is 3.72. The highest BCUT2D eigenvalue weighted by atomic mass is 79.9. The smallest absolute Gasteiger partial charge is 0.276 e. The second-order valence-corrected chi connectivity index (χ2v) is 4.69. The molecule has 1 aromatic heterocycles. The molecule has 1 saturated heterocycles. The average Bonchev–Trinajstić information content (AvgIpc) is 2.73. The van der Waals surface area contributed by atoms with Gasteiger partial charge in [0.2, 0.25) is 0 Å². The molecule has 1 unspecified atom stereocenters. The molecule has 0 aromatic carbocycles. The highest BCUT2D eigenvalue weighted by Gasteiger charge is 2.26. The summed E-state index contributed by atoms with van der Waals surface area (Å²) in [6.07, 6.45) is 5.97. The van der Waals surface area contributed by atoms with E-state index in [4.69, 9.17) is 4.52 Å². The molecule has 0 saturated carbocycles. The Morgan fingerprint density at radius 3 is 3.12 bits per heavy atom. The van der Waals surface area contributed by atoms with Gasteiger partial charge in [0, 0.05) is 24.0 Å². The van der Waals surface area contributed by atoms with Gasteiger partial charge < -0.3 is 9.42 Å². The molecule has 88 valence electrons. The molecule has 1 amide bonds. The molecule has 4 nitrogen and oxygen atoms in total. The average molecular weight is 287 g/mol. The van der Waals surface area contributed by atoms with Crippen LogP contribution in [-0.2, 0) is 0 Å². The van der Waals surface area contributed by atoms with E-state index in [1.165, 1.54) is 19.1 Å². The van der Waals surface area contributed by atoms with Crippen molar-refractivity contribution in [2.24, 2.45) is 0 Å². The van der Waals surface area contributed by atoms with Crippen molar-refractivity contribution in [3.8, 4) is 0 Å². The number of likely N-dealkylation sites (tertiary alicyclic amines) is 1. The van der Waals surface area contributed by atoms with E-state index in [1.807, 2.05) is 4.90 Å². The summed E-state index contributed by atoms with van der Waals surface area (Å²) in [6, 6.07) is 1.91. The van der Waals surface area contributed by atoms with Gasteiger partial charge in [0.15, 0.2) is 5.69 Å². The Morgan fingerprint density at radius 1 is 1.56 bits per heavy atom. The first-order chi connectivity index (χ1) is 7.83. The summed E-state index contributed by atoms with van der Waals surface area (Å²) in [5, 5.41) is 4.54. The molecular formula is C11H15BrN2O2. The maximum Gasteiger partial charge on any atom is 0.276 e. The molecule has 1 aliphatic heterocycles. The minimum atomic E-state index is -0.0138. The van der Waals surface area contributed by atoms with Crippen LogP contribution in [0, 0.1) is 0 Å². The fourth-order valence-electron chi connectivity index (χ4n) is 2.08. The Bertz CT molecular complexity index is 340. The fourth-order valence-corrected chi connectivity index (χ4v) is 2.75. The number of rotatable bonds is 2. The number of aromatic nitrogens is 1. The standard InChI is InChI=1S/C11H15BrN2O2/c12-8-9-4-2-1-3-6-14(9)11(15)10-5-7-16-13-10/h5,7,9H,1-4,6,8H2. The van der Waals surface area contributed by atoms with Crippen molar-refractivity contribution in [3.05, 3.63) is 18.0 Å². The van der Waals surface area contributed by atoms with Gasteiger partial charge in [-0.2, -0.15) is 0 Å². The van der Waals surface area contributed by atoms with Crippen LogP contribution in [0.3, 0.4) is 0 Å². The Kier molecular flexibility index (Phi) is 3.98. The van der Waals surface area contributed by atoms with Gasteiger partial charge in [-0.1, -0.05) is 33.9 Å². The van der Waals surface area contributed by atoms with E-state index >= 15 is 0 Å². The molecule has 1 aromatic rings. The quantitative estimate of drug-likeness (QED) is 0.785. The lowest BCUT2D eigenvalue weighted by atomic mass is 10.1. The molecule has 1 fully saturated rings. The highest BCUT2D eigenvalue weighted by molar-refractivity contribution is 9.09. The predicted octanol–water partition coefficient (Wildman–Crippen LogP) is 2.45. The first-order valence-corrected chi connectivity index (χ1v) is 6.72. The van der Waals surface area contributed by atoms with E-state index in [2.05, 4.69) is 21.1 Å².